The number of nitrogens with one attached hydrogen (secondary N) is 2. The van der Waals surface area contributed by atoms with Gasteiger partial charge < -0.3 is 15.4 Å². The molecule has 2 amide bonds. The van der Waals surface area contributed by atoms with E-state index in [1.807, 2.05) is 48.5 Å². The topological polar surface area (TPSA) is 67.4 Å². The Labute approximate surface area is 183 Å². The predicted octanol–water partition coefficient (Wildman–Crippen LogP) is 5.18. The van der Waals surface area contributed by atoms with Gasteiger partial charge in [-0.25, -0.2) is 0 Å². The number of amides is 2. The van der Waals surface area contributed by atoms with E-state index in [0.717, 1.165) is 16.9 Å². The third-order valence-electron chi connectivity index (χ3n) is 5.05. The Morgan fingerprint density at radius 1 is 0.839 bits per heavy atom. The summed E-state index contributed by atoms with van der Waals surface area (Å²) in [5.74, 6) is 0.254. The highest BCUT2D eigenvalue weighted by atomic mass is 16.5. The molecule has 0 atom stereocenters. The fraction of sp³-hybridized carbons (Fsp3) is 0.231. The highest BCUT2D eigenvalue weighted by molar-refractivity contribution is 6.09. The van der Waals surface area contributed by atoms with Gasteiger partial charge in [-0.3, -0.25) is 9.59 Å². The van der Waals surface area contributed by atoms with Gasteiger partial charge in [-0.2, -0.15) is 0 Å². The number of carbonyl (C=O) groups is 2. The van der Waals surface area contributed by atoms with Gasteiger partial charge >= 0.3 is 0 Å². The van der Waals surface area contributed by atoms with E-state index in [-0.39, 0.29) is 17.2 Å². The van der Waals surface area contributed by atoms with Gasteiger partial charge in [0, 0.05) is 12.1 Å². The molecule has 160 valence electrons. The smallest absolute Gasteiger partial charge is 0.255 e. The van der Waals surface area contributed by atoms with Crippen LogP contribution in [0.15, 0.2) is 72.8 Å². The number of rotatable bonds is 6. The van der Waals surface area contributed by atoms with Crippen molar-refractivity contribution in [2.24, 2.45) is 0 Å². The van der Waals surface area contributed by atoms with Crippen molar-refractivity contribution in [3.05, 3.63) is 95.1 Å². The molecule has 3 rings (SSSR count). The average Bonchev–Trinajstić information content (AvgIpc) is 2.77. The molecule has 0 saturated heterocycles. The zero-order valence-corrected chi connectivity index (χ0v) is 18.4. The summed E-state index contributed by atoms with van der Waals surface area (Å²) in [6.07, 6.45) is 0. The molecule has 0 heterocycles. The Hall–Kier alpha value is -3.60. The summed E-state index contributed by atoms with van der Waals surface area (Å²) < 4.78 is 5.15. The molecule has 0 radical (unpaired) electrons. The van der Waals surface area contributed by atoms with E-state index < -0.39 is 0 Å². The Bertz CT molecular complexity index is 1050. The van der Waals surface area contributed by atoms with Crippen LogP contribution in [-0.2, 0) is 12.0 Å². The fourth-order valence-electron chi connectivity index (χ4n) is 3.13. The molecule has 0 unspecified atom stereocenters. The number of benzene rings is 3. The van der Waals surface area contributed by atoms with Crippen LogP contribution in [-0.4, -0.2) is 18.9 Å². The number of anilines is 1. The standard InChI is InChI=1S/C26H28N2O3/c1-26(2,3)20-13-11-19(12-14-20)24(29)28-23-8-6-5-7-22(23)25(30)27-17-18-9-15-21(31-4)16-10-18/h5-16H,17H2,1-4H3,(H,27,30)(H,28,29). The van der Waals surface area contributed by atoms with E-state index in [1.165, 1.54) is 0 Å². The molecule has 0 aromatic heterocycles. The normalized spacial score (nSPS) is 11.0. The molecule has 0 aliphatic rings. The highest BCUT2D eigenvalue weighted by Gasteiger charge is 2.16. The van der Waals surface area contributed by atoms with Crippen molar-refractivity contribution in [3.8, 4) is 5.75 Å². The lowest BCUT2D eigenvalue weighted by Crippen LogP contribution is -2.25. The number of hydrogen-bond acceptors (Lipinski definition) is 3. The first-order valence-electron chi connectivity index (χ1n) is 10.2. The summed E-state index contributed by atoms with van der Waals surface area (Å²) in [6.45, 7) is 6.76. The monoisotopic (exact) mass is 416 g/mol. The van der Waals surface area contributed by atoms with E-state index in [0.29, 0.717) is 23.4 Å². The molecule has 0 aliphatic carbocycles. The molecule has 0 aliphatic heterocycles. The van der Waals surface area contributed by atoms with Gasteiger partial charge in [0.05, 0.1) is 18.4 Å². The molecule has 0 bridgehead atoms. The summed E-state index contributed by atoms with van der Waals surface area (Å²) in [5.41, 5.74) is 3.55. The van der Waals surface area contributed by atoms with Crippen LogP contribution in [0.5, 0.6) is 5.75 Å². The molecule has 2 N–H and O–H groups in total. The van der Waals surface area contributed by atoms with E-state index in [1.54, 1.807) is 31.4 Å². The number of para-hydroxylation sites is 1. The first kappa shape index (κ1) is 22.1. The predicted molar refractivity (Wildman–Crippen MR) is 124 cm³/mol. The van der Waals surface area contributed by atoms with Crippen LogP contribution in [0.2, 0.25) is 0 Å². The number of ether oxygens (including phenoxy) is 1. The second kappa shape index (κ2) is 9.47. The summed E-state index contributed by atoms with van der Waals surface area (Å²) in [4.78, 5) is 25.5. The minimum Gasteiger partial charge on any atom is -0.497 e. The minimum absolute atomic E-state index is 0.0174. The number of methoxy groups -OCH3 is 1. The second-order valence-corrected chi connectivity index (χ2v) is 8.36. The van der Waals surface area contributed by atoms with E-state index >= 15 is 0 Å². The molecule has 3 aromatic carbocycles. The van der Waals surface area contributed by atoms with Crippen LogP contribution in [0.4, 0.5) is 5.69 Å². The maximum Gasteiger partial charge on any atom is 0.255 e. The summed E-state index contributed by atoms with van der Waals surface area (Å²) in [7, 11) is 1.61. The molecule has 0 spiro atoms. The van der Waals surface area contributed by atoms with Crippen molar-refractivity contribution in [2.75, 3.05) is 12.4 Å². The van der Waals surface area contributed by atoms with Crippen molar-refractivity contribution in [2.45, 2.75) is 32.7 Å². The summed E-state index contributed by atoms with van der Waals surface area (Å²) in [5, 5.41) is 5.76. The first-order valence-corrected chi connectivity index (χ1v) is 10.2. The lowest BCUT2D eigenvalue weighted by molar-refractivity contribution is 0.0952. The van der Waals surface area contributed by atoms with Crippen LogP contribution >= 0.6 is 0 Å². The maximum absolute atomic E-state index is 12.7. The first-order chi connectivity index (χ1) is 14.8. The minimum atomic E-state index is -0.255. The molecule has 5 heteroatoms. The van der Waals surface area contributed by atoms with Crippen LogP contribution in [0.1, 0.15) is 52.6 Å². The number of hydrogen-bond donors (Lipinski definition) is 2. The second-order valence-electron chi connectivity index (χ2n) is 8.36. The summed E-state index contributed by atoms with van der Waals surface area (Å²) >= 11 is 0. The molecule has 31 heavy (non-hydrogen) atoms. The van der Waals surface area contributed by atoms with Crippen LogP contribution in [0.25, 0.3) is 0 Å². The van der Waals surface area contributed by atoms with E-state index in [9.17, 15) is 9.59 Å². The van der Waals surface area contributed by atoms with E-state index in [2.05, 4.69) is 31.4 Å². The van der Waals surface area contributed by atoms with Crippen molar-refractivity contribution in [3.63, 3.8) is 0 Å². The Kier molecular flexibility index (Phi) is 6.75. The van der Waals surface area contributed by atoms with Gasteiger partial charge in [0.15, 0.2) is 0 Å². The lowest BCUT2D eigenvalue weighted by Gasteiger charge is -2.19. The van der Waals surface area contributed by atoms with Gasteiger partial charge in [-0.05, 0) is 52.9 Å². The fourth-order valence-corrected chi connectivity index (χ4v) is 3.13. The Morgan fingerprint density at radius 2 is 1.48 bits per heavy atom. The van der Waals surface area contributed by atoms with Crippen LogP contribution in [0.3, 0.4) is 0 Å². The van der Waals surface area contributed by atoms with Crippen molar-refractivity contribution in [1.82, 2.24) is 5.32 Å². The van der Waals surface area contributed by atoms with Crippen molar-refractivity contribution >= 4 is 17.5 Å². The van der Waals surface area contributed by atoms with Gasteiger partial charge in [0.25, 0.3) is 11.8 Å². The van der Waals surface area contributed by atoms with E-state index in [4.69, 9.17) is 4.74 Å². The molecule has 0 fully saturated rings. The lowest BCUT2D eigenvalue weighted by atomic mass is 9.86. The zero-order valence-electron chi connectivity index (χ0n) is 18.4. The number of carbonyl (C=O) groups excluding carboxylic acids is 2. The van der Waals surface area contributed by atoms with Crippen molar-refractivity contribution < 1.29 is 14.3 Å². The Balaban J connectivity index is 1.69. The van der Waals surface area contributed by atoms with Gasteiger partial charge in [-0.1, -0.05) is 57.2 Å². The molecule has 5 nitrogen and oxygen atoms in total. The molecular formula is C26H28N2O3. The SMILES string of the molecule is COc1ccc(CNC(=O)c2ccccc2NC(=O)c2ccc(C(C)(C)C)cc2)cc1. The molecule has 0 saturated carbocycles. The summed E-state index contributed by atoms with van der Waals surface area (Å²) in [6, 6.07) is 22.0. The highest BCUT2D eigenvalue weighted by Crippen LogP contribution is 2.23. The maximum atomic E-state index is 12.7. The largest absolute Gasteiger partial charge is 0.497 e. The molecule has 3 aromatic rings. The van der Waals surface area contributed by atoms with Gasteiger partial charge in [0.2, 0.25) is 0 Å². The van der Waals surface area contributed by atoms with Gasteiger partial charge in [0.1, 0.15) is 5.75 Å². The van der Waals surface area contributed by atoms with Crippen LogP contribution in [0, 0.1) is 0 Å². The Morgan fingerprint density at radius 3 is 2.10 bits per heavy atom. The third kappa shape index (κ3) is 5.72. The van der Waals surface area contributed by atoms with Crippen LogP contribution < -0.4 is 15.4 Å². The average molecular weight is 417 g/mol. The van der Waals surface area contributed by atoms with Crippen molar-refractivity contribution in [1.29, 1.82) is 0 Å². The zero-order chi connectivity index (χ0) is 22.4. The molecular weight excluding hydrogens is 388 g/mol. The third-order valence-corrected chi connectivity index (χ3v) is 5.05. The van der Waals surface area contributed by atoms with Gasteiger partial charge in [-0.15, -0.1) is 0 Å². The quantitative estimate of drug-likeness (QED) is 0.582.